The fourth-order valence-electron chi connectivity index (χ4n) is 1.97. The van der Waals surface area contributed by atoms with E-state index in [2.05, 4.69) is 32.6 Å². The third kappa shape index (κ3) is 2.55. The van der Waals surface area contributed by atoms with Crippen molar-refractivity contribution in [2.24, 2.45) is 5.41 Å². The van der Waals surface area contributed by atoms with Crippen molar-refractivity contribution in [1.29, 1.82) is 5.26 Å². The largest absolute Gasteiger partial charge is 0.325 e. The Morgan fingerprint density at radius 2 is 2.39 bits per heavy atom. The maximum absolute atomic E-state index is 12.2. The smallest absolute Gasteiger partial charge is 0.231 e. The zero-order valence-corrected chi connectivity index (χ0v) is 11.7. The second-order valence-electron chi connectivity index (χ2n) is 4.75. The van der Waals surface area contributed by atoms with Crippen molar-refractivity contribution in [3.05, 3.63) is 28.2 Å². The van der Waals surface area contributed by atoms with Crippen LogP contribution >= 0.6 is 15.9 Å². The predicted octanol–water partition coefficient (Wildman–Crippen LogP) is 2.26. The molecule has 4 nitrogen and oxygen atoms in total. The lowest BCUT2D eigenvalue weighted by atomic mass is 9.89. The zero-order chi connectivity index (χ0) is 13.2. The van der Waals surface area contributed by atoms with Gasteiger partial charge in [0.05, 0.1) is 22.7 Å². The molecule has 0 aliphatic carbocycles. The second kappa shape index (κ2) is 5.09. The van der Waals surface area contributed by atoms with Crippen molar-refractivity contribution in [1.82, 2.24) is 5.32 Å². The summed E-state index contributed by atoms with van der Waals surface area (Å²) in [5, 5.41) is 14.9. The number of carbonyl (C=O) groups is 1. The van der Waals surface area contributed by atoms with Gasteiger partial charge in [-0.2, -0.15) is 5.26 Å². The minimum absolute atomic E-state index is 0.0120. The lowest BCUT2D eigenvalue weighted by Gasteiger charge is -2.21. The quantitative estimate of drug-likeness (QED) is 0.881. The Hall–Kier alpha value is -1.38. The first kappa shape index (κ1) is 13.1. The summed E-state index contributed by atoms with van der Waals surface area (Å²) in [6.07, 6.45) is 0.840. The predicted molar refractivity (Wildman–Crippen MR) is 73.1 cm³/mol. The highest BCUT2D eigenvalue weighted by Gasteiger charge is 2.36. The summed E-state index contributed by atoms with van der Waals surface area (Å²) in [5.41, 5.74) is 0.911. The van der Waals surface area contributed by atoms with E-state index < -0.39 is 0 Å². The summed E-state index contributed by atoms with van der Waals surface area (Å²) in [6, 6.07) is 7.19. The number of carbonyl (C=O) groups excluding carboxylic acids is 1. The maximum atomic E-state index is 12.2. The zero-order valence-electron chi connectivity index (χ0n) is 10.1. The lowest BCUT2D eigenvalue weighted by molar-refractivity contribution is -0.123. The van der Waals surface area contributed by atoms with Gasteiger partial charge in [0.15, 0.2) is 0 Å². The fourth-order valence-corrected chi connectivity index (χ4v) is 2.45. The molecule has 1 aliphatic heterocycles. The molecule has 1 aliphatic rings. The average molecular weight is 308 g/mol. The van der Waals surface area contributed by atoms with E-state index in [1.165, 1.54) is 0 Å². The van der Waals surface area contributed by atoms with Gasteiger partial charge in [-0.1, -0.05) is 0 Å². The van der Waals surface area contributed by atoms with E-state index in [-0.39, 0.29) is 11.3 Å². The molecule has 94 valence electrons. The van der Waals surface area contributed by atoms with E-state index >= 15 is 0 Å². The van der Waals surface area contributed by atoms with Crippen LogP contribution in [0.15, 0.2) is 22.7 Å². The number of halogens is 1. The minimum atomic E-state index is -0.354. The van der Waals surface area contributed by atoms with Gasteiger partial charge < -0.3 is 10.6 Å². The summed E-state index contributed by atoms with van der Waals surface area (Å²) in [6.45, 7) is 3.53. The van der Waals surface area contributed by atoms with Crippen LogP contribution in [0, 0.1) is 16.7 Å². The molecule has 1 atom stereocenters. The summed E-state index contributed by atoms with van der Waals surface area (Å²) in [5.74, 6) is 0.0120. The first-order valence-corrected chi connectivity index (χ1v) is 6.56. The highest BCUT2D eigenvalue weighted by atomic mass is 79.9. The Kier molecular flexibility index (Phi) is 3.69. The molecule has 0 saturated carbocycles. The van der Waals surface area contributed by atoms with Crippen LogP contribution in [0.25, 0.3) is 0 Å². The standard InChI is InChI=1S/C13H14BrN3O/c1-13(4-5-16-8-13)12(18)17-11-3-2-9(7-15)6-10(11)14/h2-3,6,16H,4-5,8H2,1H3,(H,17,18). The van der Waals surface area contributed by atoms with Crippen LogP contribution in [0.1, 0.15) is 18.9 Å². The molecule has 18 heavy (non-hydrogen) atoms. The Labute approximate surface area is 115 Å². The SMILES string of the molecule is CC1(C(=O)Nc2ccc(C#N)cc2Br)CCNC1. The number of hydrogen-bond donors (Lipinski definition) is 2. The summed E-state index contributed by atoms with van der Waals surface area (Å²) < 4.78 is 0.726. The van der Waals surface area contributed by atoms with Crippen molar-refractivity contribution < 1.29 is 4.79 Å². The van der Waals surface area contributed by atoms with Gasteiger partial charge in [0, 0.05) is 11.0 Å². The average Bonchev–Trinajstić information content (AvgIpc) is 2.80. The molecule has 1 fully saturated rings. The minimum Gasteiger partial charge on any atom is -0.325 e. The van der Waals surface area contributed by atoms with Gasteiger partial charge in [0.1, 0.15) is 0 Å². The van der Waals surface area contributed by atoms with Crippen LogP contribution in [0.3, 0.4) is 0 Å². The summed E-state index contributed by atoms with van der Waals surface area (Å²) >= 11 is 3.36. The molecule has 1 aromatic rings. The van der Waals surface area contributed by atoms with Crippen LogP contribution in [0.4, 0.5) is 5.69 Å². The number of nitrogens with one attached hydrogen (secondary N) is 2. The number of hydrogen-bond acceptors (Lipinski definition) is 3. The molecule has 0 spiro atoms. The number of anilines is 1. The monoisotopic (exact) mass is 307 g/mol. The van der Waals surface area contributed by atoms with E-state index in [0.717, 1.165) is 17.4 Å². The number of rotatable bonds is 2. The van der Waals surface area contributed by atoms with Gasteiger partial charge in [0.2, 0.25) is 5.91 Å². The fraction of sp³-hybridized carbons (Fsp3) is 0.385. The maximum Gasteiger partial charge on any atom is 0.231 e. The van der Waals surface area contributed by atoms with Crippen LogP contribution in [-0.2, 0) is 4.79 Å². The van der Waals surface area contributed by atoms with Crippen LogP contribution in [0.5, 0.6) is 0 Å². The topological polar surface area (TPSA) is 64.9 Å². The van der Waals surface area contributed by atoms with Gasteiger partial charge in [0.25, 0.3) is 0 Å². The number of amides is 1. The molecule has 2 N–H and O–H groups in total. The normalized spacial score (nSPS) is 22.5. The van der Waals surface area contributed by atoms with E-state index in [4.69, 9.17) is 5.26 Å². The van der Waals surface area contributed by atoms with Crippen molar-refractivity contribution in [2.75, 3.05) is 18.4 Å². The van der Waals surface area contributed by atoms with Crippen molar-refractivity contribution in [3.63, 3.8) is 0 Å². The molecule has 1 saturated heterocycles. The number of nitrogens with zero attached hydrogens (tertiary/aromatic N) is 1. The van der Waals surface area contributed by atoms with E-state index in [0.29, 0.717) is 17.8 Å². The van der Waals surface area contributed by atoms with Gasteiger partial charge in [-0.15, -0.1) is 0 Å². The number of nitriles is 1. The molecule has 1 unspecified atom stereocenters. The molecule has 1 amide bonds. The van der Waals surface area contributed by atoms with E-state index in [1.807, 2.05) is 6.92 Å². The molecule has 0 radical (unpaired) electrons. The molecular weight excluding hydrogens is 294 g/mol. The molecule has 0 aromatic heterocycles. The first-order valence-electron chi connectivity index (χ1n) is 5.77. The molecule has 5 heteroatoms. The third-order valence-electron chi connectivity index (χ3n) is 3.26. The first-order chi connectivity index (χ1) is 8.55. The number of benzene rings is 1. The van der Waals surface area contributed by atoms with Gasteiger partial charge in [-0.05, 0) is 54.0 Å². The lowest BCUT2D eigenvalue weighted by Crippen LogP contribution is -2.35. The van der Waals surface area contributed by atoms with Crippen molar-refractivity contribution in [2.45, 2.75) is 13.3 Å². The molecule has 0 bridgehead atoms. The van der Waals surface area contributed by atoms with Crippen LogP contribution in [0.2, 0.25) is 0 Å². The summed E-state index contributed by atoms with van der Waals surface area (Å²) in [7, 11) is 0. The van der Waals surface area contributed by atoms with Gasteiger partial charge in [-0.25, -0.2) is 0 Å². The van der Waals surface area contributed by atoms with Crippen molar-refractivity contribution >= 4 is 27.5 Å². The molecule has 2 rings (SSSR count). The highest BCUT2D eigenvalue weighted by molar-refractivity contribution is 9.10. The van der Waals surface area contributed by atoms with Crippen LogP contribution < -0.4 is 10.6 Å². The third-order valence-corrected chi connectivity index (χ3v) is 3.92. The Morgan fingerprint density at radius 3 is 2.94 bits per heavy atom. The van der Waals surface area contributed by atoms with Crippen LogP contribution in [-0.4, -0.2) is 19.0 Å². The highest BCUT2D eigenvalue weighted by Crippen LogP contribution is 2.29. The Bertz CT molecular complexity index is 515. The Balaban J connectivity index is 2.15. The van der Waals surface area contributed by atoms with Gasteiger partial charge >= 0.3 is 0 Å². The summed E-state index contributed by atoms with van der Waals surface area (Å²) in [4.78, 5) is 12.2. The molecule has 1 aromatic carbocycles. The molecular formula is C13H14BrN3O. The Morgan fingerprint density at radius 1 is 1.61 bits per heavy atom. The van der Waals surface area contributed by atoms with Gasteiger partial charge in [-0.3, -0.25) is 4.79 Å². The second-order valence-corrected chi connectivity index (χ2v) is 5.60. The van der Waals surface area contributed by atoms with E-state index in [1.54, 1.807) is 18.2 Å². The molecule has 1 heterocycles. The van der Waals surface area contributed by atoms with Crippen molar-refractivity contribution in [3.8, 4) is 6.07 Å². The van der Waals surface area contributed by atoms with E-state index in [9.17, 15) is 4.79 Å².